The van der Waals surface area contributed by atoms with Gasteiger partial charge in [0.1, 0.15) is 0 Å². The van der Waals surface area contributed by atoms with Crippen LogP contribution in [-0.2, 0) is 9.59 Å². The Morgan fingerprint density at radius 3 is 2.77 bits per heavy atom. The molecule has 2 amide bonds. The smallest absolute Gasteiger partial charge is 0.236 e. The second-order valence-corrected chi connectivity index (χ2v) is 3.17. The third kappa shape index (κ3) is 3.27. The van der Waals surface area contributed by atoms with Crippen LogP contribution in [0.3, 0.4) is 0 Å². The average Bonchev–Trinajstić information content (AvgIpc) is 2.15. The molecule has 0 heterocycles. The minimum atomic E-state index is -0.500. The predicted octanol–water partition coefficient (Wildman–Crippen LogP) is -0.0558. The van der Waals surface area contributed by atoms with Crippen LogP contribution in [0.4, 0.5) is 0 Å². The van der Waals surface area contributed by atoms with Crippen LogP contribution in [0.1, 0.15) is 19.3 Å². The van der Waals surface area contributed by atoms with Gasteiger partial charge in [0.05, 0.1) is 6.54 Å². The van der Waals surface area contributed by atoms with Crippen LogP contribution in [-0.4, -0.2) is 18.4 Å². The van der Waals surface area contributed by atoms with Crippen molar-refractivity contribution in [2.75, 3.05) is 6.54 Å². The van der Waals surface area contributed by atoms with E-state index in [1.165, 1.54) is 0 Å². The highest BCUT2D eigenvalue weighted by atomic mass is 16.2. The summed E-state index contributed by atoms with van der Waals surface area (Å²) in [5, 5.41) is 2.50. The van der Waals surface area contributed by atoms with Gasteiger partial charge in [0.15, 0.2) is 0 Å². The zero-order chi connectivity index (χ0) is 9.68. The first-order valence-corrected chi connectivity index (χ1v) is 4.41. The van der Waals surface area contributed by atoms with E-state index in [1.54, 1.807) is 0 Å². The van der Waals surface area contributed by atoms with Crippen molar-refractivity contribution >= 4 is 11.8 Å². The summed E-state index contributed by atoms with van der Waals surface area (Å²) in [6, 6.07) is 0. The van der Waals surface area contributed by atoms with Crippen LogP contribution in [0, 0.1) is 5.92 Å². The van der Waals surface area contributed by atoms with Crippen LogP contribution < -0.4 is 11.1 Å². The molecule has 4 heteroatoms. The van der Waals surface area contributed by atoms with E-state index in [1.807, 2.05) is 6.08 Å². The van der Waals surface area contributed by atoms with Gasteiger partial charge in [-0.15, -0.1) is 0 Å². The number of hydrogen-bond donors (Lipinski definition) is 2. The number of primary amides is 1. The van der Waals surface area contributed by atoms with Gasteiger partial charge in [-0.3, -0.25) is 9.59 Å². The molecule has 0 aliphatic heterocycles. The van der Waals surface area contributed by atoms with Crippen LogP contribution >= 0.6 is 0 Å². The molecule has 1 unspecified atom stereocenters. The molecule has 0 spiro atoms. The number of allylic oxidation sites excluding steroid dienone is 2. The number of amides is 2. The van der Waals surface area contributed by atoms with Crippen molar-refractivity contribution in [2.45, 2.75) is 19.3 Å². The first kappa shape index (κ1) is 9.77. The zero-order valence-corrected chi connectivity index (χ0v) is 7.45. The van der Waals surface area contributed by atoms with Gasteiger partial charge in [-0.1, -0.05) is 12.2 Å². The lowest BCUT2D eigenvalue weighted by atomic mass is 9.94. The Hall–Kier alpha value is -1.32. The predicted molar refractivity (Wildman–Crippen MR) is 48.7 cm³/mol. The maximum absolute atomic E-state index is 11.3. The molecule has 0 aromatic heterocycles. The Balaban J connectivity index is 2.30. The van der Waals surface area contributed by atoms with Crippen molar-refractivity contribution in [1.82, 2.24) is 5.32 Å². The second kappa shape index (κ2) is 4.64. The largest absolute Gasteiger partial charge is 0.368 e. The molecule has 4 nitrogen and oxygen atoms in total. The monoisotopic (exact) mass is 182 g/mol. The Morgan fingerprint density at radius 1 is 1.46 bits per heavy atom. The standard InChI is InChI=1S/C9H14N2O2/c10-8(12)6-11-9(13)7-4-2-1-3-5-7/h1-2,7H,3-6H2,(H2,10,12)(H,11,13). The first-order chi connectivity index (χ1) is 6.20. The zero-order valence-electron chi connectivity index (χ0n) is 7.45. The molecule has 0 saturated carbocycles. The summed E-state index contributed by atoms with van der Waals surface area (Å²) >= 11 is 0. The van der Waals surface area contributed by atoms with E-state index in [0.717, 1.165) is 19.3 Å². The SMILES string of the molecule is NC(=O)CNC(=O)C1CC=CCC1. The fourth-order valence-corrected chi connectivity index (χ4v) is 1.35. The maximum Gasteiger partial charge on any atom is 0.236 e. The minimum absolute atomic E-state index is 0.0179. The number of carbonyl (C=O) groups is 2. The van der Waals surface area contributed by atoms with Crippen molar-refractivity contribution in [3.05, 3.63) is 12.2 Å². The molecule has 0 saturated heterocycles. The maximum atomic E-state index is 11.3. The topological polar surface area (TPSA) is 72.2 Å². The highest BCUT2D eigenvalue weighted by Crippen LogP contribution is 2.17. The van der Waals surface area contributed by atoms with Gasteiger partial charge in [0.2, 0.25) is 11.8 Å². The van der Waals surface area contributed by atoms with E-state index in [4.69, 9.17) is 5.73 Å². The van der Waals surface area contributed by atoms with E-state index in [0.29, 0.717) is 0 Å². The molecule has 0 radical (unpaired) electrons. The number of nitrogens with one attached hydrogen (secondary N) is 1. The second-order valence-electron chi connectivity index (χ2n) is 3.17. The number of nitrogens with two attached hydrogens (primary N) is 1. The molecule has 0 aromatic carbocycles. The lowest BCUT2D eigenvalue weighted by Crippen LogP contribution is -2.37. The Kier molecular flexibility index (Phi) is 3.49. The van der Waals surface area contributed by atoms with Crippen LogP contribution in [0.5, 0.6) is 0 Å². The molecule has 3 N–H and O–H groups in total. The summed E-state index contributed by atoms with van der Waals surface area (Å²) in [6.07, 6.45) is 6.64. The van der Waals surface area contributed by atoms with Gasteiger partial charge in [-0.2, -0.15) is 0 Å². The van der Waals surface area contributed by atoms with Crippen molar-refractivity contribution in [1.29, 1.82) is 0 Å². The fourth-order valence-electron chi connectivity index (χ4n) is 1.35. The van der Waals surface area contributed by atoms with Crippen molar-refractivity contribution in [3.8, 4) is 0 Å². The van der Waals surface area contributed by atoms with E-state index in [-0.39, 0.29) is 18.4 Å². The van der Waals surface area contributed by atoms with Crippen LogP contribution in [0.2, 0.25) is 0 Å². The quantitative estimate of drug-likeness (QED) is 0.600. The van der Waals surface area contributed by atoms with Crippen LogP contribution in [0.25, 0.3) is 0 Å². The molecule has 1 rings (SSSR count). The normalized spacial score (nSPS) is 21.1. The molecule has 1 aliphatic rings. The minimum Gasteiger partial charge on any atom is -0.368 e. The molecular formula is C9H14N2O2. The third-order valence-corrected chi connectivity index (χ3v) is 2.08. The lowest BCUT2D eigenvalue weighted by Gasteiger charge is -2.16. The molecular weight excluding hydrogens is 168 g/mol. The number of rotatable bonds is 3. The molecule has 1 atom stereocenters. The Morgan fingerprint density at radius 2 is 2.23 bits per heavy atom. The molecule has 0 bridgehead atoms. The number of carbonyl (C=O) groups excluding carboxylic acids is 2. The summed E-state index contributed by atoms with van der Waals surface area (Å²) < 4.78 is 0. The molecule has 72 valence electrons. The highest BCUT2D eigenvalue weighted by molar-refractivity contribution is 5.85. The molecule has 0 aromatic rings. The van der Waals surface area contributed by atoms with E-state index < -0.39 is 5.91 Å². The van der Waals surface area contributed by atoms with E-state index >= 15 is 0 Å². The highest BCUT2D eigenvalue weighted by Gasteiger charge is 2.18. The summed E-state index contributed by atoms with van der Waals surface area (Å²) in [7, 11) is 0. The fraction of sp³-hybridized carbons (Fsp3) is 0.556. The van der Waals surface area contributed by atoms with Gasteiger partial charge in [0, 0.05) is 5.92 Å². The molecule has 13 heavy (non-hydrogen) atoms. The van der Waals surface area contributed by atoms with Gasteiger partial charge in [-0.05, 0) is 19.3 Å². The lowest BCUT2D eigenvalue weighted by molar-refractivity contribution is -0.127. The Bertz CT molecular complexity index is 236. The van der Waals surface area contributed by atoms with Crippen LogP contribution in [0.15, 0.2) is 12.2 Å². The van der Waals surface area contributed by atoms with Crippen molar-refractivity contribution < 1.29 is 9.59 Å². The van der Waals surface area contributed by atoms with E-state index in [9.17, 15) is 9.59 Å². The molecule has 1 aliphatic carbocycles. The van der Waals surface area contributed by atoms with Crippen molar-refractivity contribution in [2.24, 2.45) is 11.7 Å². The van der Waals surface area contributed by atoms with Gasteiger partial charge in [0.25, 0.3) is 0 Å². The summed E-state index contributed by atoms with van der Waals surface area (Å²) in [5.74, 6) is -0.549. The first-order valence-electron chi connectivity index (χ1n) is 4.41. The average molecular weight is 182 g/mol. The van der Waals surface area contributed by atoms with Gasteiger partial charge < -0.3 is 11.1 Å². The number of hydrogen-bond acceptors (Lipinski definition) is 2. The third-order valence-electron chi connectivity index (χ3n) is 2.08. The Labute approximate surface area is 77.2 Å². The van der Waals surface area contributed by atoms with Gasteiger partial charge in [-0.25, -0.2) is 0 Å². The van der Waals surface area contributed by atoms with Crippen molar-refractivity contribution in [3.63, 3.8) is 0 Å². The summed E-state index contributed by atoms with van der Waals surface area (Å²) in [5.41, 5.74) is 4.90. The molecule has 0 fully saturated rings. The van der Waals surface area contributed by atoms with E-state index in [2.05, 4.69) is 11.4 Å². The summed E-state index contributed by atoms with van der Waals surface area (Å²) in [4.78, 5) is 21.7. The van der Waals surface area contributed by atoms with Gasteiger partial charge >= 0.3 is 0 Å². The summed E-state index contributed by atoms with van der Waals surface area (Å²) in [6.45, 7) is -0.0565.